The number of benzene rings is 2. The minimum Gasteiger partial charge on any atom is -0.267 e. The highest BCUT2D eigenvalue weighted by Crippen LogP contribution is 2.16. The molecule has 1 amide bonds. The van der Waals surface area contributed by atoms with E-state index in [0.717, 1.165) is 5.56 Å². The highest BCUT2D eigenvalue weighted by molar-refractivity contribution is 6.33. The van der Waals surface area contributed by atoms with Crippen LogP contribution in [0.3, 0.4) is 0 Å². The van der Waals surface area contributed by atoms with E-state index in [9.17, 15) is 9.18 Å². The fourth-order valence-corrected chi connectivity index (χ4v) is 1.85. The van der Waals surface area contributed by atoms with E-state index in [2.05, 4.69) is 10.5 Å². The molecule has 3 nitrogen and oxygen atoms in total. The van der Waals surface area contributed by atoms with Gasteiger partial charge >= 0.3 is 0 Å². The van der Waals surface area contributed by atoms with E-state index in [1.807, 2.05) is 13.0 Å². The number of carbonyl (C=O) groups excluding carboxylic acids is 1. The van der Waals surface area contributed by atoms with E-state index in [1.165, 1.54) is 18.3 Å². The lowest BCUT2D eigenvalue weighted by atomic mass is 10.1. The van der Waals surface area contributed by atoms with Gasteiger partial charge in [0.25, 0.3) is 5.91 Å². The third-order valence-electron chi connectivity index (χ3n) is 2.64. The number of rotatable bonds is 3. The van der Waals surface area contributed by atoms with Gasteiger partial charge < -0.3 is 0 Å². The molecule has 0 fully saturated rings. The molecule has 0 aliphatic carbocycles. The lowest BCUT2D eigenvalue weighted by molar-refractivity contribution is 0.0955. The number of hydrogen-bond acceptors (Lipinski definition) is 2. The summed E-state index contributed by atoms with van der Waals surface area (Å²) in [5.74, 6) is -0.858. The molecule has 0 aliphatic heterocycles. The molecule has 0 atom stereocenters. The zero-order chi connectivity index (χ0) is 14.5. The maximum absolute atomic E-state index is 13.5. The van der Waals surface area contributed by atoms with Crippen molar-refractivity contribution in [1.29, 1.82) is 0 Å². The SMILES string of the molecule is Cc1cccc(C(=O)N/N=C/c2c(F)cccc2Cl)c1. The molecule has 2 rings (SSSR count). The summed E-state index contributed by atoms with van der Waals surface area (Å²) in [7, 11) is 0. The largest absolute Gasteiger partial charge is 0.271 e. The zero-order valence-corrected chi connectivity index (χ0v) is 11.5. The Balaban J connectivity index is 2.09. The quantitative estimate of drug-likeness (QED) is 0.681. The molecule has 0 aromatic heterocycles. The molecule has 0 heterocycles. The molecule has 5 heteroatoms. The van der Waals surface area contributed by atoms with Gasteiger partial charge in [0.1, 0.15) is 5.82 Å². The second-order valence-corrected chi connectivity index (χ2v) is 4.61. The van der Waals surface area contributed by atoms with E-state index in [0.29, 0.717) is 5.56 Å². The van der Waals surface area contributed by atoms with Crippen LogP contribution in [0.25, 0.3) is 0 Å². The van der Waals surface area contributed by atoms with Gasteiger partial charge in [-0.2, -0.15) is 5.10 Å². The van der Waals surface area contributed by atoms with Crippen molar-refractivity contribution in [3.8, 4) is 0 Å². The number of carbonyl (C=O) groups is 1. The summed E-state index contributed by atoms with van der Waals surface area (Å²) in [4.78, 5) is 11.8. The summed E-state index contributed by atoms with van der Waals surface area (Å²) < 4.78 is 13.5. The first-order valence-electron chi connectivity index (χ1n) is 5.92. The van der Waals surface area contributed by atoms with Crippen LogP contribution in [0, 0.1) is 12.7 Å². The van der Waals surface area contributed by atoms with Crippen molar-refractivity contribution in [2.45, 2.75) is 6.92 Å². The van der Waals surface area contributed by atoms with Crippen molar-refractivity contribution in [1.82, 2.24) is 5.43 Å². The van der Waals surface area contributed by atoms with Crippen molar-refractivity contribution >= 4 is 23.7 Å². The van der Waals surface area contributed by atoms with Crippen LogP contribution in [0.4, 0.5) is 4.39 Å². The predicted molar refractivity (Wildman–Crippen MR) is 77.6 cm³/mol. The van der Waals surface area contributed by atoms with Crippen LogP contribution in [0.15, 0.2) is 47.6 Å². The number of nitrogens with zero attached hydrogens (tertiary/aromatic N) is 1. The lowest BCUT2D eigenvalue weighted by Crippen LogP contribution is -2.17. The molecule has 0 saturated heterocycles. The van der Waals surface area contributed by atoms with Gasteiger partial charge in [-0.05, 0) is 31.2 Å². The van der Waals surface area contributed by atoms with Crippen molar-refractivity contribution in [3.63, 3.8) is 0 Å². The van der Waals surface area contributed by atoms with Gasteiger partial charge in [-0.25, -0.2) is 9.82 Å². The number of hydrogen-bond donors (Lipinski definition) is 1. The standard InChI is InChI=1S/C15H12ClFN2O/c1-10-4-2-5-11(8-10)15(20)19-18-9-12-13(16)6-3-7-14(12)17/h2-9H,1H3,(H,19,20)/b18-9+. The number of aryl methyl sites for hydroxylation is 1. The molecule has 0 unspecified atom stereocenters. The molecule has 0 spiro atoms. The zero-order valence-electron chi connectivity index (χ0n) is 10.7. The van der Waals surface area contributed by atoms with E-state index >= 15 is 0 Å². The summed E-state index contributed by atoms with van der Waals surface area (Å²) in [5, 5.41) is 3.96. The van der Waals surface area contributed by atoms with Gasteiger partial charge in [-0.15, -0.1) is 0 Å². The monoisotopic (exact) mass is 290 g/mol. The second-order valence-electron chi connectivity index (χ2n) is 4.20. The topological polar surface area (TPSA) is 41.5 Å². The molecular formula is C15H12ClFN2O. The van der Waals surface area contributed by atoms with Crippen LogP contribution in [0.1, 0.15) is 21.5 Å². The van der Waals surface area contributed by atoms with Crippen LogP contribution in [0.5, 0.6) is 0 Å². The predicted octanol–water partition coefficient (Wildman–Crippen LogP) is 3.55. The highest BCUT2D eigenvalue weighted by atomic mass is 35.5. The van der Waals surface area contributed by atoms with Gasteiger partial charge in [0.15, 0.2) is 0 Å². The first-order valence-corrected chi connectivity index (χ1v) is 6.30. The fourth-order valence-electron chi connectivity index (χ4n) is 1.64. The molecule has 2 aromatic carbocycles. The minimum atomic E-state index is -0.494. The van der Waals surface area contributed by atoms with E-state index < -0.39 is 5.82 Å². The molecule has 2 aromatic rings. The number of hydrazone groups is 1. The van der Waals surface area contributed by atoms with Gasteiger partial charge in [-0.3, -0.25) is 4.79 Å². The van der Waals surface area contributed by atoms with Crippen molar-refractivity contribution in [3.05, 3.63) is 70.0 Å². The average Bonchev–Trinajstić information content (AvgIpc) is 2.42. The molecule has 0 saturated carbocycles. The van der Waals surface area contributed by atoms with Crippen molar-refractivity contribution in [2.75, 3.05) is 0 Å². The summed E-state index contributed by atoms with van der Waals surface area (Å²) in [6, 6.07) is 11.4. The Morgan fingerprint density at radius 1 is 1.30 bits per heavy atom. The first kappa shape index (κ1) is 14.2. The maximum atomic E-state index is 13.5. The lowest BCUT2D eigenvalue weighted by Gasteiger charge is -2.02. The fraction of sp³-hybridized carbons (Fsp3) is 0.0667. The smallest absolute Gasteiger partial charge is 0.267 e. The molecule has 0 radical (unpaired) electrons. The summed E-state index contributed by atoms with van der Waals surface area (Å²) >= 11 is 5.84. The molecule has 0 bridgehead atoms. The molecule has 20 heavy (non-hydrogen) atoms. The second kappa shape index (κ2) is 6.30. The van der Waals surface area contributed by atoms with Gasteiger partial charge in [0.05, 0.1) is 11.2 Å². The third kappa shape index (κ3) is 3.42. The average molecular weight is 291 g/mol. The normalized spacial score (nSPS) is 10.8. The Bertz CT molecular complexity index is 650. The molecule has 1 N–H and O–H groups in total. The Hall–Kier alpha value is -2.20. The van der Waals surface area contributed by atoms with Crippen LogP contribution in [-0.4, -0.2) is 12.1 Å². The minimum absolute atomic E-state index is 0.138. The van der Waals surface area contributed by atoms with E-state index in [1.54, 1.807) is 24.3 Å². The Kier molecular flexibility index (Phi) is 4.48. The number of nitrogens with one attached hydrogen (secondary N) is 1. The maximum Gasteiger partial charge on any atom is 0.271 e. The third-order valence-corrected chi connectivity index (χ3v) is 2.97. The van der Waals surface area contributed by atoms with E-state index in [4.69, 9.17) is 11.6 Å². The first-order chi connectivity index (χ1) is 9.58. The number of halogens is 2. The van der Waals surface area contributed by atoms with Gasteiger partial charge in [0.2, 0.25) is 0 Å². The molecule has 0 aliphatic rings. The Morgan fingerprint density at radius 2 is 2.05 bits per heavy atom. The molecular weight excluding hydrogens is 279 g/mol. The van der Waals surface area contributed by atoms with Crippen LogP contribution in [0.2, 0.25) is 5.02 Å². The summed E-state index contributed by atoms with van der Waals surface area (Å²) in [5.41, 5.74) is 3.93. The van der Waals surface area contributed by atoms with Gasteiger partial charge in [-0.1, -0.05) is 35.4 Å². The van der Waals surface area contributed by atoms with Gasteiger partial charge in [0, 0.05) is 11.1 Å². The van der Waals surface area contributed by atoms with Crippen LogP contribution in [-0.2, 0) is 0 Å². The molecule has 102 valence electrons. The highest BCUT2D eigenvalue weighted by Gasteiger charge is 2.05. The summed E-state index contributed by atoms with van der Waals surface area (Å²) in [6.45, 7) is 1.89. The summed E-state index contributed by atoms with van der Waals surface area (Å²) in [6.07, 6.45) is 1.19. The van der Waals surface area contributed by atoms with E-state index in [-0.39, 0.29) is 16.5 Å². The number of amides is 1. The van der Waals surface area contributed by atoms with Crippen molar-refractivity contribution < 1.29 is 9.18 Å². The Morgan fingerprint density at radius 3 is 2.75 bits per heavy atom. The van der Waals surface area contributed by atoms with Crippen molar-refractivity contribution in [2.24, 2.45) is 5.10 Å². The Labute approximate surface area is 121 Å². The van der Waals surface area contributed by atoms with Crippen LogP contribution >= 0.6 is 11.6 Å². The van der Waals surface area contributed by atoms with Crippen LogP contribution < -0.4 is 5.43 Å².